The first-order valence-corrected chi connectivity index (χ1v) is 9.12. The molecular formula is C21H31NO3. The maximum Gasteiger partial charge on any atom is 0.304 e. The van der Waals surface area contributed by atoms with Gasteiger partial charge in [0.15, 0.2) is 0 Å². The van der Waals surface area contributed by atoms with Gasteiger partial charge in [-0.3, -0.25) is 9.59 Å². The second-order valence-corrected chi connectivity index (χ2v) is 6.14. The van der Waals surface area contributed by atoms with Crippen LogP contribution in [-0.4, -0.2) is 23.0 Å². The van der Waals surface area contributed by atoms with E-state index in [1.807, 2.05) is 0 Å². The monoisotopic (exact) mass is 345 g/mol. The summed E-state index contributed by atoms with van der Waals surface area (Å²) >= 11 is 0. The third-order valence-corrected chi connectivity index (χ3v) is 3.72. The van der Waals surface area contributed by atoms with Gasteiger partial charge in [0, 0.05) is 12.8 Å². The Labute approximate surface area is 152 Å². The third-order valence-electron chi connectivity index (χ3n) is 3.72. The maximum atomic E-state index is 11.3. The van der Waals surface area contributed by atoms with Crippen LogP contribution in [0.3, 0.4) is 0 Å². The van der Waals surface area contributed by atoms with Gasteiger partial charge in [-0.25, -0.2) is 0 Å². The molecule has 0 radical (unpaired) electrons. The first kappa shape index (κ1) is 22.8. The van der Waals surface area contributed by atoms with Crippen LogP contribution in [0, 0.1) is 29.6 Å². The lowest BCUT2D eigenvalue weighted by Crippen LogP contribution is -2.31. The fraction of sp³-hybridized carbons (Fsp3) is 0.619. The van der Waals surface area contributed by atoms with Gasteiger partial charge in [-0.05, 0) is 18.3 Å². The molecule has 4 heteroatoms. The number of hydrogen-bond donors (Lipinski definition) is 2. The topological polar surface area (TPSA) is 66.4 Å². The van der Waals surface area contributed by atoms with Gasteiger partial charge in [0.2, 0.25) is 5.91 Å². The molecular weight excluding hydrogens is 314 g/mol. The van der Waals surface area contributed by atoms with Gasteiger partial charge in [-0.1, -0.05) is 69.8 Å². The summed E-state index contributed by atoms with van der Waals surface area (Å²) in [6.07, 6.45) is 10.7. The predicted octanol–water partition coefficient (Wildman–Crippen LogP) is 3.92. The van der Waals surface area contributed by atoms with E-state index >= 15 is 0 Å². The number of unbranched alkanes of at least 4 members (excludes halogenated alkanes) is 6. The Kier molecular flexibility index (Phi) is 14.0. The highest BCUT2D eigenvalue weighted by atomic mass is 16.4. The molecule has 0 rings (SSSR count). The third kappa shape index (κ3) is 15.1. The van der Waals surface area contributed by atoms with Gasteiger partial charge in [-0.15, -0.1) is 6.58 Å². The minimum atomic E-state index is -0.915. The van der Waals surface area contributed by atoms with Crippen molar-refractivity contribution in [3.05, 3.63) is 12.7 Å². The zero-order chi connectivity index (χ0) is 18.9. The Morgan fingerprint density at radius 3 is 2.24 bits per heavy atom. The van der Waals surface area contributed by atoms with Crippen LogP contribution in [0.15, 0.2) is 12.7 Å². The smallest absolute Gasteiger partial charge is 0.304 e. The summed E-state index contributed by atoms with van der Waals surface area (Å²) in [5.74, 6) is 9.70. The van der Waals surface area contributed by atoms with Crippen LogP contribution in [0.5, 0.6) is 0 Å². The number of carboxylic acid groups (broad SMARTS) is 1. The molecule has 0 spiro atoms. The van der Waals surface area contributed by atoms with E-state index in [-0.39, 0.29) is 18.4 Å². The zero-order valence-electron chi connectivity index (χ0n) is 15.6. The van der Waals surface area contributed by atoms with E-state index in [4.69, 9.17) is 5.11 Å². The van der Waals surface area contributed by atoms with Crippen molar-refractivity contribution in [3.63, 3.8) is 0 Å². The van der Waals surface area contributed by atoms with Crippen molar-refractivity contribution in [3.8, 4) is 23.7 Å². The van der Waals surface area contributed by atoms with Crippen LogP contribution in [0.2, 0.25) is 0 Å². The van der Waals surface area contributed by atoms with Crippen LogP contribution in [0.4, 0.5) is 0 Å². The van der Waals surface area contributed by atoms with E-state index in [1.54, 1.807) is 0 Å². The van der Waals surface area contributed by atoms with E-state index in [9.17, 15) is 9.59 Å². The number of aliphatic carboxylic acids is 1. The summed E-state index contributed by atoms with van der Waals surface area (Å²) < 4.78 is 0. The first-order valence-electron chi connectivity index (χ1n) is 9.12. The Bertz CT molecular complexity index is 531. The number of carboxylic acids is 1. The van der Waals surface area contributed by atoms with Gasteiger partial charge in [0.05, 0.1) is 12.5 Å². The average molecular weight is 345 g/mol. The second kappa shape index (κ2) is 15.3. The van der Waals surface area contributed by atoms with Gasteiger partial charge < -0.3 is 10.4 Å². The van der Waals surface area contributed by atoms with E-state index in [0.29, 0.717) is 0 Å². The highest BCUT2D eigenvalue weighted by Gasteiger charge is 2.06. The minimum absolute atomic E-state index is 0.0780. The lowest BCUT2D eigenvalue weighted by atomic mass is 10.0. The molecule has 138 valence electrons. The van der Waals surface area contributed by atoms with Crippen molar-refractivity contribution in [1.82, 2.24) is 5.32 Å². The lowest BCUT2D eigenvalue weighted by molar-refractivity contribution is -0.137. The van der Waals surface area contributed by atoms with Crippen LogP contribution in [-0.2, 0) is 9.59 Å². The van der Waals surface area contributed by atoms with Gasteiger partial charge in [-0.2, -0.15) is 0 Å². The maximum absolute atomic E-state index is 11.3. The van der Waals surface area contributed by atoms with E-state index < -0.39 is 11.9 Å². The van der Waals surface area contributed by atoms with Crippen molar-refractivity contribution >= 4 is 11.9 Å². The SMILES string of the molecule is C=CC(C#CC#CC(CCCCCCCCC)NC(C)=O)CC(=O)O. The first-order chi connectivity index (χ1) is 12.0. The summed E-state index contributed by atoms with van der Waals surface area (Å²) in [5, 5.41) is 11.6. The summed E-state index contributed by atoms with van der Waals surface area (Å²) in [4.78, 5) is 21.9. The summed E-state index contributed by atoms with van der Waals surface area (Å²) in [7, 11) is 0. The number of carbonyl (C=O) groups excluding carboxylic acids is 1. The minimum Gasteiger partial charge on any atom is -0.481 e. The Morgan fingerprint density at radius 1 is 1.08 bits per heavy atom. The second-order valence-electron chi connectivity index (χ2n) is 6.14. The molecule has 0 aromatic heterocycles. The molecule has 1 amide bonds. The number of nitrogens with one attached hydrogen (secondary N) is 1. The molecule has 0 aliphatic heterocycles. The fourth-order valence-electron chi connectivity index (χ4n) is 2.36. The molecule has 0 aromatic rings. The van der Waals surface area contributed by atoms with E-state index in [2.05, 4.69) is 42.5 Å². The highest BCUT2D eigenvalue weighted by Crippen LogP contribution is 2.09. The number of carbonyl (C=O) groups is 2. The number of allylic oxidation sites excluding steroid dienone is 1. The fourth-order valence-corrected chi connectivity index (χ4v) is 2.36. The number of hydrogen-bond acceptors (Lipinski definition) is 2. The molecule has 0 saturated carbocycles. The molecule has 4 nitrogen and oxygen atoms in total. The molecule has 0 heterocycles. The Hall–Kier alpha value is -2.20. The summed E-state index contributed by atoms with van der Waals surface area (Å²) in [6, 6.07) is -0.205. The van der Waals surface area contributed by atoms with Gasteiger partial charge >= 0.3 is 5.97 Å². The van der Waals surface area contributed by atoms with Crippen molar-refractivity contribution in [1.29, 1.82) is 0 Å². The molecule has 0 aliphatic rings. The Morgan fingerprint density at radius 2 is 1.68 bits per heavy atom. The van der Waals surface area contributed by atoms with Gasteiger partial charge in [0.1, 0.15) is 0 Å². The largest absolute Gasteiger partial charge is 0.481 e. The zero-order valence-corrected chi connectivity index (χ0v) is 15.6. The lowest BCUT2D eigenvalue weighted by Gasteiger charge is -2.11. The summed E-state index contributed by atoms with van der Waals surface area (Å²) in [5.41, 5.74) is 0. The molecule has 0 bridgehead atoms. The number of rotatable bonds is 12. The standard InChI is InChI=1S/C21H31NO3/c1-4-6-7-8-9-10-11-15-20(22-18(3)23)16-13-12-14-19(5-2)17-21(24)25/h5,19-20H,2,4,6-11,15,17H2,1,3H3,(H,22,23)(H,24,25). The van der Waals surface area contributed by atoms with Crippen molar-refractivity contribution in [2.75, 3.05) is 0 Å². The molecule has 0 aliphatic carbocycles. The molecule has 25 heavy (non-hydrogen) atoms. The molecule has 2 unspecified atom stereocenters. The molecule has 0 aromatic carbocycles. The number of amides is 1. The summed E-state index contributed by atoms with van der Waals surface area (Å²) in [6.45, 7) is 7.26. The normalized spacial score (nSPS) is 11.9. The van der Waals surface area contributed by atoms with Crippen LogP contribution >= 0.6 is 0 Å². The predicted molar refractivity (Wildman–Crippen MR) is 102 cm³/mol. The molecule has 2 N–H and O–H groups in total. The van der Waals surface area contributed by atoms with E-state index in [0.717, 1.165) is 19.3 Å². The van der Waals surface area contributed by atoms with Crippen LogP contribution in [0.1, 0.15) is 71.6 Å². The molecule has 2 atom stereocenters. The Balaban J connectivity index is 4.38. The van der Waals surface area contributed by atoms with Gasteiger partial charge in [0.25, 0.3) is 0 Å². The molecule has 0 fully saturated rings. The molecule has 0 saturated heterocycles. The van der Waals surface area contributed by atoms with Crippen LogP contribution < -0.4 is 5.32 Å². The highest BCUT2D eigenvalue weighted by molar-refractivity contribution is 5.73. The van der Waals surface area contributed by atoms with Crippen molar-refractivity contribution in [2.24, 2.45) is 5.92 Å². The van der Waals surface area contributed by atoms with Crippen LogP contribution in [0.25, 0.3) is 0 Å². The van der Waals surface area contributed by atoms with Crippen molar-refractivity contribution in [2.45, 2.75) is 77.7 Å². The average Bonchev–Trinajstić information content (AvgIpc) is 2.55. The van der Waals surface area contributed by atoms with E-state index in [1.165, 1.54) is 45.1 Å². The quantitative estimate of drug-likeness (QED) is 0.320. The van der Waals surface area contributed by atoms with Crippen molar-refractivity contribution < 1.29 is 14.7 Å².